The van der Waals surface area contributed by atoms with Crippen molar-refractivity contribution in [3.63, 3.8) is 0 Å². The van der Waals surface area contributed by atoms with Crippen LogP contribution in [0.25, 0.3) is 0 Å². The lowest BCUT2D eigenvalue weighted by Crippen LogP contribution is -2.07. The van der Waals surface area contributed by atoms with E-state index in [1.807, 2.05) is 24.3 Å². The highest BCUT2D eigenvalue weighted by Gasteiger charge is 2.13. The molecule has 1 aromatic heterocycles. The van der Waals surface area contributed by atoms with Crippen LogP contribution in [-0.2, 0) is 6.42 Å². The zero-order valence-corrected chi connectivity index (χ0v) is 13.2. The van der Waals surface area contributed by atoms with E-state index >= 15 is 0 Å². The third kappa shape index (κ3) is 3.45. The van der Waals surface area contributed by atoms with E-state index in [4.69, 9.17) is 17.3 Å². The maximum absolute atomic E-state index is 5.92. The molecule has 0 aliphatic rings. The number of aromatic nitrogens is 2. The molecule has 0 radical (unpaired) electrons. The van der Waals surface area contributed by atoms with Crippen molar-refractivity contribution in [3.8, 4) is 0 Å². The van der Waals surface area contributed by atoms with E-state index in [1.165, 1.54) is 0 Å². The van der Waals surface area contributed by atoms with Crippen LogP contribution in [0.1, 0.15) is 36.8 Å². The molecule has 0 aliphatic heterocycles. The molecule has 0 saturated carbocycles. The number of benzene rings is 1. The highest BCUT2D eigenvalue weighted by Crippen LogP contribution is 2.27. The fourth-order valence-electron chi connectivity index (χ4n) is 1.78. The summed E-state index contributed by atoms with van der Waals surface area (Å²) in [5, 5.41) is 0.725. The molecule has 0 spiro atoms. The summed E-state index contributed by atoms with van der Waals surface area (Å²) >= 11 is 9.31. The van der Waals surface area contributed by atoms with Gasteiger partial charge in [-0.2, -0.15) is 0 Å². The summed E-state index contributed by atoms with van der Waals surface area (Å²) in [6.07, 6.45) is 0.647. The highest BCUT2D eigenvalue weighted by molar-refractivity contribution is 9.10. The minimum Gasteiger partial charge on any atom is -0.383 e. The summed E-state index contributed by atoms with van der Waals surface area (Å²) in [5.41, 5.74) is 7.97. The molecular weight excluding hydrogens is 326 g/mol. The first-order chi connectivity index (χ1) is 8.97. The van der Waals surface area contributed by atoms with Crippen LogP contribution in [0.15, 0.2) is 28.7 Å². The molecular formula is C14H15BrClN3. The van der Waals surface area contributed by atoms with Crippen molar-refractivity contribution in [2.45, 2.75) is 26.2 Å². The number of nitrogens with two attached hydrogens (primary N) is 1. The summed E-state index contributed by atoms with van der Waals surface area (Å²) in [6, 6.07) is 7.67. The van der Waals surface area contributed by atoms with Gasteiger partial charge >= 0.3 is 0 Å². The second-order valence-corrected chi connectivity index (χ2v) is 5.91. The number of nitrogens with zero attached hydrogens (tertiary/aromatic N) is 2. The maximum atomic E-state index is 5.92. The number of rotatable bonds is 3. The quantitative estimate of drug-likeness (QED) is 0.911. The molecule has 2 aromatic rings. The molecule has 100 valence electrons. The van der Waals surface area contributed by atoms with Gasteiger partial charge in [-0.25, -0.2) is 9.97 Å². The lowest BCUT2D eigenvalue weighted by molar-refractivity contribution is 0.786. The largest absolute Gasteiger partial charge is 0.383 e. The number of anilines is 1. The third-order valence-electron chi connectivity index (χ3n) is 2.77. The zero-order chi connectivity index (χ0) is 14.0. The molecule has 2 rings (SSSR count). The smallest absolute Gasteiger partial charge is 0.141 e. The molecule has 3 nitrogen and oxygen atoms in total. The van der Waals surface area contributed by atoms with Crippen molar-refractivity contribution in [3.05, 3.63) is 50.8 Å². The Morgan fingerprint density at radius 1 is 1.21 bits per heavy atom. The lowest BCUT2D eigenvalue weighted by Gasteiger charge is -2.11. The zero-order valence-electron chi connectivity index (χ0n) is 10.8. The molecule has 2 N–H and O–H groups in total. The van der Waals surface area contributed by atoms with Gasteiger partial charge in [0.15, 0.2) is 0 Å². The van der Waals surface area contributed by atoms with Crippen molar-refractivity contribution in [2.24, 2.45) is 0 Å². The van der Waals surface area contributed by atoms with E-state index in [9.17, 15) is 0 Å². The molecule has 0 aliphatic carbocycles. The molecule has 0 fully saturated rings. The van der Waals surface area contributed by atoms with Gasteiger partial charge in [-0.3, -0.25) is 0 Å². The lowest BCUT2D eigenvalue weighted by atomic mass is 10.1. The van der Waals surface area contributed by atoms with E-state index in [0.29, 0.717) is 18.2 Å². The number of nitrogen functional groups attached to an aromatic ring is 1. The predicted molar refractivity (Wildman–Crippen MR) is 82.5 cm³/mol. The van der Waals surface area contributed by atoms with Crippen LogP contribution >= 0.6 is 27.5 Å². The van der Waals surface area contributed by atoms with Crippen LogP contribution in [0.3, 0.4) is 0 Å². The number of hydrogen-bond donors (Lipinski definition) is 1. The molecule has 5 heteroatoms. The van der Waals surface area contributed by atoms with Crippen molar-refractivity contribution in [1.82, 2.24) is 9.97 Å². The first-order valence-corrected chi connectivity index (χ1v) is 7.20. The van der Waals surface area contributed by atoms with Gasteiger partial charge in [0.2, 0.25) is 0 Å². The average Bonchev–Trinajstić information content (AvgIpc) is 2.36. The van der Waals surface area contributed by atoms with Crippen molar-refractivity contribution in [1.29, 1.82) is 0 Å². The molecule has 0 bridgehead atoms. The van der Waals surface area contributed by atoms with Crippen molar-refractivity contribution >= 4 is 33.3 Å². The predicted octanol–water partition coefficient (Wildman–Crippen LogP) is 4.19. The molecule has 0 amide bonds. The Kier molecular flexibility index (Phi) is 4.42. The van der Waals surface area contributed by atoms with Gasteiger partial charge < -0.3 is 5.73 Å². The van der Waals surface area contributed by atoms with E-state index in [2.05, 4.69) is 39.7 Å². The fraction of sp³-hybridized carbons (Fsp3) is 0.286. The van der Waals surface area contributed by atoms with Gasteiger partial charge in [0.05, 0.1) is 10.2 Å². The Balaban J connectivity index is 2.33. The molecule has 0 saturated heterocycles. The first-order valence-electron chi connectivity index (χ1n) is 6.03. The topological polar surface area (TPSA) is 51.8 Å². The van der Waals surface area contributed by atoms with Gasteiger partial charge in [-0.1, -0.05) is 37.6 Å². The summed E-state index contributed by atoms with van der Waals surface area (Å²) in [6.45, 7) is 4.16. The van der Waals surface area contributed by atoms with Gasteiger partial charge in [-0.15, -0.1) is 0 Å². The number of halogens is 2. The highest BCUT2D eigenvalue weighted by atomic mass is 79.9. The van der Waals surface area contributed by atoms with E-state index < -0.39 is 0 Å². The third-order valence-corrected chi connectivity index (χ3v) is 3.84. The van der Waals surface area contributed by atoms with Crippen molar-refractivity contribution in [2.75, 3.05) is 5.73 Å². The monoisotopic (exact) mass is 339 g/mol. The van der Waals surface area contributed by atoms with Crippen LogP contribution in [0.5, 0.6) is 0 Å². The van der Waals surface area contributed by atoms with Gasteiger partial charge in [0.1, 0.15) is 11.6 Å². The van der Waals surface area contributed by atoms with E-state index in [-0.39, 0.29) is 0 Å². The molecule has 1 heterocycles. The summed E-state index contributed by atoms with van der Waals surface area (Å²) in [5.74, 6) is 1.51. The summed E-state index contributed by atoms with van der Waals surface area (Å²) < 4.78 is 0.794. The fourth-order valence-corrected chi connectivity index (χ4v) is 2.54. The summed E-state index contributed by atoms with van der Waals surface area (Å²) in [4.78, 5) is 8.90. The normalized spacial score (nSPS) is 11.0. The Morgan fingerprint density at radius 3 is 2.42 bits per heavy atom. The standard InChI is InChI=1S/C14H15BrClN3/c1-8(2)13-12(15)14(17)19-11(18-13)7-9-3-5-10(16)6-4-9/h3-6,8H,7H2,1-2H3,(H2,17,18,19). The van der Waals surface area contributed by atoms with Crippen LogP contribution < -0.4 is 5.73 Å². The second kappa shape index (κ2) is 5.88. The SMILES string of the molecule is CC(C)c1nc(Cc2ccc(Cl)cc2)nc(N)c1Br. The Labute approximate surface area is 126 Å². The Hall–Kier alpha value is -1.13. The maximum Gasteiger partial charge on any atom is 0.141 e. The van der Waals surface area contributed by atoms with Crippen LogP contribution in [0, 0.1) is 0 Å². The molecule has 0 atom stereocenters. The molecule has 1 aromatic carbocycles. The van der Waals surface area contributed by atoms with Gasteiger partial charge in [0.25, 0.3) is 0 Å². The Bertz CT molecular complexity index is 582. The van der Waals surface area contributed by atoms with Crippen LogP contribution in [0.2, 0.25) is 5.02 Å². The van der Waals surface area contributed by atoms with Gasteiger partial charge in [-0.05, 0) is 39.5 Å². The first kappa shape index (κ1) is 14.3. The van der Waals surface area contributed by atoms with E-state index in [1.54, 1.807) is 0 Å². The van der Waals surface area contributed by atoms with Crippen molar-refractivity contribution < 1.29 is 0 Å². The Morgan fingerprint density at radius 2 is 1.84 bits per heavy atom. The van der Waals surface area contributed by atoms with E-state index in [0.717, 1.165) is 26.6 Å². The number of hydrogen-bond acceptors (Lipinski definition) is 3. The van der Waals surface area contributed by atoms with Crippen LogP contribution in [-0.4, -0.2) is 9.97 Å². The molecule has 19 heavy (non-hydrogen) atoms. The summed E-state index contributed by atoms with van der Waals surface area (Å²) in [7, 11) is 0. The van der Waals surface area contributed by atoms with Crippen LogP contribution in [0.4, 0.5) is 5.82 Å². The molecule has 0 unspecified atom stereocenters. The van der Waals surface area contributed by atoms with Gasteiger partial charge in [0, 0.05) is 11.4 Å². The minimum absolute atomic E-state index is 0.295. The second-order valence-electron chi connectivity index (χ2n) is 4.68. The minimum atomic E-state index is 0.295. The average molecular weight is 341 g/mol.